The molecule has 0 radical (unpaired) electrons. The highest BCUT2D eigenvalue weighted by atomic mass is 35.5. The molecular weight excluding hydrogens is 372 g/mol. The molecule has 5 nitrogen and oxygen atoms in total. The number of amides is 1. The lowest BCUT2D eigenvalue weighted by Gasteiger charge is -2.31. The molecular formula is C22H25ClN4O. The Balaban J connectivity index is 1.36. The Bertz CT molecular complexity index is 984. The van der Waals surface area contributed by atoms with Crippen LogP contribution >= 0.6 is 11.6 Å². The molecule has 146 valence electrons. The fourth-order valence-electron chi connectivity index (χ4n) is 3.86. The van der Waals surface area contributed by atoms with Crippen LogP contribution in [0.3, 0.4) is 0 Å². The first kappa shape index (κ1) is 18.8. The molecule has 4 rings (SSSR count). The molecule has 1 amide bonds. The van der Waals surface area contributed by atoms with Crippen molar-refractivity contribution in [3.8, 4) is 0 Å². The number of anilines is 1. The molecule has 1 aromatic heterocycles. The lowest BCUT2D eigenvalue weighted by Crippen LogP contribution is -2.43. The van der Waals surface area contributed by atoms with Crippen LogP contribution in [0.15, 0.2) is 42.5 Å². The molecule has 3 aromatic rings. The van der Waals surface area contributed by atoms with E-state index in [1.807, 2.05) is 30.3 Å². The number of nitrogens with zero attached hydrogens (tertiary/aromatic N) is 2. The van der Waals surface area contributed by atoms with Gasteiger partial charge in [0.1, 0.15) is 0 Å². The van der Waals surface area contributed by atoms with Crippen LogP contribution in [0.25, 0.3) is 11.0 Å². The van der Waals surface area contributed by atoms with Crippen LogP contribution in [0, 0.1) is 12.8 Å². The number of carbonyl (C=O) groups is 1. The first-order valence-electron chi connectivity index (χ1n) is 9.82. The minimum atomic E-state index is -0.0116. The van der Waals surface area contributed by atoms with Gasteiger partial charge in [0.25, 0.3) is 0 Å². The number of fused-ring (bicyclic) bond motifs is 1. The Morgan fingerprint density at radius 2 is 2.18 bits per heavy atom. The number of benzene rings is 2. The van der Waals surface area contributed by atoms with Crippen LogP contribution < -0.4 is 10.2 Å². The second-order valence-electron chi connectivity index (χ2n) is 7.47. The second-order valence-corrected chi connectivity index (χ2v) is 7.91. The number of aryl methyl sites for hydroxylation is 1. The highest BCUT2D eigenvalue weighted by Crippen LogP contribution is 2.25. The van der Waals surface area contributed by atoms with Crippen molar-refractivity contribution in [3.05, 3.63) is 58.6 Å². The summed E-state index contributed by atoms with van der Waals surface area (Å²) < 4.78 is 0. The third-order valence-electron chi connectivity index (χ3n) is 5.48. The number of rotatable bonds is 5. The van der Waals surface area contributed by atoms with E-state index in [1.54, 1.807) is 0 Å². The van der Waals surface area contributed by atoms with Crippen molar-refractivity contribution in [2.45, 2.75) is 26.2 Å². The molecule has 0 spiro atoms. The summed E-state index contributed by atoms with van der Waals surface area (Å²) in [5.41, 5.74) is 4.37. The van der Waals surface area contributed by atoms with Gasteiger partial charge in [0.15, 0.2) is 0 Å². The van der Waals surface area contributed by atoms with Crippen LogP contribution in [0.2, 0.25) is 5.02 Å². The quantitative estimate of drug-likeness (QED) is 0.682. The van der Waals surface area contributed by atoms with Crippen molar-refractivity contribution in [1.82, 2.24) is 15.3 Å². The number of aromatic amines is 1. The molecule has 0 bridgehead atoms. The first-order valence-corrected chi connectivity index (χ1v) is 10.2. The standard InChI is InChI=1S/C22H25ClN4O/c1-15-5-2-3-6-16(15)10-11-24-21(28)17-7-4-12-27(14-17)22-25-19-9-8-18(23)13-20(19)26-22/h2-3,5-6,8-9,13,17H,4,7,10-12,14H2,1H3,(H,24,28)(H,25,26)/t17-/m1/s1. The Morgan fingerprint density at radius 3 is 3.04 bits per heavy atom. The van der Waals surface area contributed by atoms with E-state index in [9.17, 15) is 4.79 Å². The van der Waals surface area contributed by atoms with Gasteiger partial charge in [-0.3, -0.25) is 4.79 Å². The second kappa shape index (κ2) is 8.23. The largest absolute Gasteiger partial charge is 0.355 e. The zero-order chi connectivity index (χ0) is 19.5. The number of nitrogens with one attached hydrogen (secondary N) is 2. The van der Waals surface area contributed by atoms with Gasteiger partial charge in [0, 0.05) is 24.7 Å². The zero-order valence-electron chi connectivity index (χ0n) is 16.0. The molecule has 0 saturated carbocycles. The molecule has 0 aliphatic carbocycles. The van der Waals surface area contributed by atoms with Crippen molar-refractivity contribution in [2.75, 3.05) is 24.5 Å². The number of H-pyrrole nitrogens is 1. The van der Waals surface area contributed by atoms with E-state index in [0.29, 0.717) is 18.1 Å². The Labute approximate surface area is 170 Å². The van der Waals surface area contributed by atoms with Crippen LogP contribution in [0.5, 0.6) is 0 Å². The highest BCUT2D eigenvalue weighted by Gasteiger charge is 2.27. The summed E-state index contributed by atoms with van der Waals surface area (Å²) >= 11 is 6.07. The number of imidazole rings is 1. The maximum atomic E-state index is 12.7. The van der Waals surface area contributed by atoms with Gasteiger partial charge in [-0.25, -0.2) is 4.98 Å². The van der Waals surface area contributed by atoms with Gasteiger partial charge in [0.05, 0.1) is 17.0 Å². The molecule has 1 saturated heterocycles. The molecule has 2 heterocycles. The summed E-state index contributed by atoms with van der Waals surface area (Å²) in [4.78, 5) is 22.8. The van der Waals surface area contributed by atoms with Crippen molar-refractivity contribution in [3.63, 3.8) is 0 Å². The Kier molecular flexibility index (Phi) is 5.53. The minimum Gasteiger partial charge on any atom is -0.355 e. The van der Waals surface area contributed by atoms with E-state index in [-0.39, 0.29) is 11.8 Å². The van der Waals surface area contributed by atoms with Crippen LogP contribution in [-0.2, 0) is 11.2 Å². The number of carbonyl (C=O) groups excluding carboxylic acids is 1. The van der Waals surface area contributed by atoms with Gasteiger partial charge in [0.2, 0.25) is 11.9 Å². The number of hydrogen-bond donors (Lipinski definition) is 2. The van der Waals surface area contributed by atoms with Gasteiger partial charge in [-0.2, -0.15) is 0 Å². The summed E-state index contributed by atoms with van der Waals surface area (Å²) in [5.74, 6) is 0.939. The van der Waals surface area contributed by atoms with Crippen molar-refractivity contribution < 1.29 is 4.79 Å². The van der Waals surface area contributed by atoms with E-state index in [0.717, 1.165) is 42.8 Å². The maximum absolute atomic E-state index is 12.7. The smallest absolute Gasteiger partial charge is 0.224 e. The van der Waals surface area contributed by atoms with E-state index in [4.69, 9.17) is 11.6 Å². The van der Waals surface area contributed by atoms with E-state index in [2.05, 4.69) is 39.2 Å². The average Bonchev–Trinajstić information content (AvgIpc) is 3.13. The first-order chi connectivity index (χ1) is 13.6. The van der Waals surface area contributed by atoms with Gasteiger partial charge in [-0.15, -0.1) is 0 Å². The summed E-state index contributed by atoms with van der Waals surface area (Å²) in [5, 5.41) is 3.81. The molecule has 28 heavy (non-hydrogen) atoms. The predicted molar refractivity (Wildman–Crippen MR) is 114 cm³/mol. The summed E-state index contributed by atoms with van der Waals surface area (Å²) in [6.07, 6.45) is 2.76. The average molecular weight is 397 g/mol. The fourth-order valence-corrected chi connectivity index (χ4v) is 4.03. The third kappa shape index (κ3) is 4.14. The third-order valence-corrected chi connectivity index (χ3v) is 5.71. The predicted octanol–water partition coefficient (Wildman–Crippen LogP) is 4.10. The van der Waals surface area contributed by atoms with E-state index >= 15 is 0 Å². The molecule has 0 unspecified atom stereocenters. The Hall–Kier alpha value is -2.53. The van der Waals surface area contributed by atoms with Gasteiger partial charge in [-0.05, 0) is 55.5 Å². The molecule has 2 aromatic carbocycles. The molecule has 1 fully saturated rings. The van der Waals surface area contributed by atoms with Crippen molar-refractivity contribution >= 4 is 34.5 Å². The minimum absolute atomic E-state index is 0.0116. The SMILES string of the molecule is Cc1ccccc1CCNC(=O)[C@@H]1CCCN(c2nc3ccc(Cl)cc3[nH]2)C1. The number of piperidine rings is 1. The number of aromatic nitrogens is 2. The lowest BCUT2D eigenvalue weighted by atomic mass is 9.97. The normalized spacial score (nSPS) is 17.1. The topological polar surface area (TPSA) is 61.0 Å². The molecule has 2 N–H and O–H groups in total. The summed E-state index contributed by atoms with van der Waals surface area (Å²) in [7, 11) is 0. The molecule has 1 atom stereocenters. The van der Waals surface area contributed by atoms with Crippen LogP contribution in [0.4, 0.5) is 5.95 Å². The Morgan fingerprint density at radius 1 is 1.32 bits per heavy atom. The zero-order valence-corrected chi connectivity index (χ0v) is 16.8. The summed E-state index contributed by atoms with van der Waals surface area (Å²) in [6, 6.07) is 14.0. The van der Waals surface area contributed by atoms with Crippen LogP contribution in [0.1, 0.15) is 24.0 Å². The van der Waals surface area contributed by atoms with Gasteiger partial charge >= 0.3 is 0 Å². The summed E-state index contributed by atoms with van der Waals surface area (Å²) in [6.45, 7) is 4.37. The van der Waals surface area contributed by atoms with E-state index in [1.165, 1.54) is 11.1 Å². The van der Waals surface area contributed by atoms with Crippen molar-refractivity contribution in [2.24, 2.45) is 5.92 Å². The molecule has 1 aliphatic heterocycles. The molecule has 1 aliphatic rings. The van der Waals surface area contributed by atoms with Crippen LogP contribution in [-0.4, -0.2) is 35.5 Å². The fraction of sp³-hybridized carbons (Fsp3) is 0.364. The van der Waals surface area contributed by atoms with E-state index < -0.39 is 0 Å². The number of hydrogen-bond acceptors (Lipinski definition) is 3. The van der Waals surface area contributed by atoms with Gasteiger partial charge < -0.3 is 15.2 Å². The molecule has 6 heteroatoms. The lowest BCUT2D eigenvalue weighted by molar-refractivity contribution is -0.125. The van der Waals surface area contributed by atoms with Gasteiger partial charge in [-0.1, -0.05) is 35.9 Å². The van der Waals surface area contributed by atoms with Crippen molar-refractivity contribution in [1.29, 1.82) is 0 Å². The monoisotopic (exact) mass is 396 g/mol. The highest BCUT2D eigenvalue weighted by molar-refractivity contribution is 6.31. The number of halogens is 1. The maximum Gasteiger partial charge on any atom is 0.224 e.